The molecule has 1 saturated carbocycles. The molecule has 0 radical (unpaired) electrons. The van der Waals surface area contributed by atoms with E-state index in [9.17, 15) is 14.7 Å². The van der Waals surface area contributed by atoms with Gasteiger partial charge in [0, 0.05) is 12.5 Å². The summed E-state index contributed by atoms with van der Waals surface area (Å²) in [7, 11) is 1.57. The highest BCUT2D eigenvalue weighted by Crippen LogP contribution is 2.23. The summed E-state index contributed by atoms with van der Waals surface area (Å²) in [6, 6.07) is 7.41. The molecule has 0 spiro atoms. The van der Waals surface area contributed by atoms with Crippen LogP contribution in [0.3, 0.4) is 0 Å². The molecule has 2 rings (SSSR count). The number of para-hydroxylation sites is 1. The molecule has 1 aliphatic rings. The molecule has 0 aliphatic heterocycles. The standard InChI is InChI=1S/C20H29NO4/c1-25-18-12-8-7-11-16(18)13-17(20(23)24)14-21-19(22)15-9-5-3-2-4-6-10-15/h7-8,11-12,15,17H,2-6,9-10,13-14H2,1H3,(H,21,22)(H,23,24). The number of ether oxygens (including phenoxy) is 1. The van der Waals surface area contributed by atoms with Gasteiger partial charge in [-0.15, -0.1) is 0 Å². The number of carbonyl (C=O) groups is 2. The van der Waals surface area contributed by atoms with Gasteiger partial charge >= 0.3 is 5.97 Å². The highest BCUT2D eigenvalue weighted by atomic mass is 16.5. The summed E-state index contributed by atoms with van der Waals surface area (Å²) < 4.78 is 5.29. The number of carboxylic acids is 1. The van der Waals surface area contributed by atoms with E-state index in [1.807, 2.05) is 24.3 Å². The van der Waals surface area contributed by atoms with Crippen molar-refractivity contribution in [3.63, 3.8) is 0 Å². The minimum atomic E-state index is -0.899. The van der Waals surface area contributed by atoms with Crippen molar-refractivity contribution in [2.45, 2.75) is 51.4 Å². The lowest BCUT2D eigenvalue weighted by Gasteiger charge is -2.21. The molecule has 0 aromatic heterocycles. The van der Waals surface area contributed by atoms with Crippen LogP contribution in [0.5, 0.6) is 5.75 Å². The lowest BCUT2D eigenvalue weighted by Crippen LogP contribution is -2.37. The zero-order chi connectivity index (χ0) is 18.1. The molecule has 1 atom stereocenters. The molecular weight excluding hydrogens is 318 g/mol. The lowest BCUT2D eigenvalue weighted by atomic mass is 9.90. The molecular formula is C20H29NO4. The van der Waals surface area contributed by atoms with Crippen molar-refractivity contribution in [1.29, 1.82) is 0 Å². The van der Waals surface area contributed by atoms with Crippen molar-refractivity contribution < 1.29 is 19.4 Å². The van der Waals surface area contributed by atoms with E-state index in [0.717, 1.165) is 31.2 Å². The van der Waals surface area contributed by atoms with E-state index in [0.29, 0.717) is 12.2 Å². The van der Waals surface area contributed by atoms with Gasteiger partial charge in [-0.1, -0.05) is 50.3 Å². The van der Waals surface area contributed by atoms with Gasteiger partial charge in [0.05, 0.1) is 13.0 Å². The van der Waals surface area contributed by atoms with Gasteiger partial charge in [-0.25, -0.2) is 0 Å². The van der Waals surface area contributed by atoms with Crippen molar-refractivity contribution in [3.8, 4) is 5.75 Å². The minimum Gasteiger partial charge on any atom is -0.496 e. The van der Waals surface area contributed by atoms with Crippen LogP contribution in [0, 0.1) is 11.8 Å². The Morgan fingerprint density at radius 3 is 2.44 bits per heavy atom. The Morgan fingerprint density at radius 1 is 1.16 bits per heavy atom. The molecule has 0 saturated heterocycles. The van der Waals surface area contributed by atoms with Gasteiger partial charge in [0.1, 0.15) is 5.75 Å². The van der Waals surface area contributed by atoms with Crippen LogP contribution in [-0.2, 0) is 16.0 Å². The first-order chi connectivity index (χ1) is 12.1. The Balaban J connectivity index is 1.92. The van der Waals surface area contributed by atoms with Crippen LogP contribution in [0.2, 0.25) is 0 Å². The molecule has 25 heavy (non-hydrogen) atoms. The van der Waals surface area contributed by atoms with E-state index in [2.05, 4.69) is 5.32 Å². The number of carbonyl (C=O) groups excluding carboxylic acids is 1. The van der Waals surface area contributed by atoms with Gasteiger partial charge in [-0.2, -0.15) is 0 Å². The molecule has 1 aromatic carbocycles. The Hall–Kier alpha value is -2.04. The maximum absolute atomic E-state index is 12.4. The highest BCUT2D eigenvalue weighted by molar-refractivity contribution is 5.79. The van der Waals surface area contributed by atoms with E-state index in [1.165, 1.54) is 19.3 Å². The first-order valence-electron chi connectivity index (χ1n) is 9.24. The maximum Gasteiger partial charge on any atom is 0.308 e. The Morgan fingerprint density at radius 2 is 1.80 bits per heavy atom. The summed E-state index contributed by atoms with van der Waals surface area (Å²) in [5.41, 5.74) is 0.845. The average molecular weight is 347 g/mol. The Labute approximate surface area is 149 Å². The summed E-state index contributed by atoms with van der Waals surface area (Å²) in [6.07, 6.45) is 7.97. The van der Waals surface area contributed by atoms with Crippen LogP contribution in [0.25, 0.3) is 0 Å². The number of rotatable bonds is 7. The zero-order valence-corrected chi connectivity index (χ0v) is 15.0. The molecule has 1 aliphatic carbocycles. The van der Waals surface area contributed by atoms with Crippen molar-refractivity contribution in [1.82, 2.24) is 5.32 Å². The molecule has 5 nitrogen and oxygen atoms in total. The zero-order valence-electron chi connectivity index (χ0n) is 15.0. The summed E-state index contributed by atoms with van der Waals surface area (Å²) >= 11 is 0. The van der Waals surface area contributed by atoms with Crippen LogP contribution in [0.4, 0.5) is 0 Å². The highest BCUT2D eigenvalue weighted by Gasteiger charge is 2.24. The van der Waals surface area contributed by atoms with Crippen molar-refractivity contribution in [2.75, 3.05) is 13.7 Å². The number of hydrogen-bond acceptors (Lipinski definition) is 3. The number of amides is 1. The third kappa shape index (κ3) is 6.07. The van der Waals surface area contributed by atoms with Gasteiger partial charge < -0.3 is 15.2 Å². The van der Waals surface area contributed by atoms with E-state index < -0.39 is 11.9 Å². The van der Waals surface area contributed by atoms with E-state index >= 15 is 0 Å². The Kier molecular flexibility index (Phi) is 7.76. The van der Waals surface area contributed by atoms with Crippen LogP contribution in [0.15, 0.2) is 24.3 Å². The maximum atomic E-state index is 12.4. The third-order valence-electron chi connectivity index (χ3n) is 5.01. The molecule has 138 valence electrons. The minimum absolute atomic E-state index is 0.00757. The van der Waals surface area contributed by atoms with Crippen LogP contribution in [0.1, 0.15) is 50.5 Å². The smallest absolute Gasteiger partial charge is 0.308 e. The molecule has 1 amide bonds. The van der Waals surface area contributed by atoms with Gasteiger partial charge in [0.15, 0.2) is 0 Å². The number of nitrogens with one attached hydrogen (secondary N) is 1. The summed E-state index contributed by atoms with van der Waals surface area (Å²) in [5, 5.41) is 12.4. The fourth-order valence-corrected chi connectivity index (χ4v) is 3.47. The second kappa shape index (κ2) is 10.1. The fourth-order valence-electron chi connectivity index (χ4n) is 3.47. The number of benzene rings is 1. The molecule has 1 unspecified atom stereocenters. The largest absolute Gasteiger partial charge is 0.496 e. The van der Waals surface area contributed by atoms with E-state index in [4.69, 9.17) is 4.74 Å². The van der Waals surface area contributed by atoms with Crippen molar-refractivity contribution >= 4 is 11.9 Å². The van der Waals surface area contributed by atoms with Gasteiger partial charge in [0.25, 0.3) is 0 Å². The first-order valence-corrected chi connectivity index (χ1v) is 9.24. The van der Waals surface area contributed by atoms with E-state index in [1.54, 1.807) is 7.11 Å². The normalized spacial score (nSPS) is 17.2. The quantitative estimate of drug-likeness (QED) is 0.792. The van der Waals surface area contributed by atoms with Crippen LogP contribution >= 0.6 is 0 Å². The lowest BCUT2D eigenvalue weighted by molar-refractivity contribution is -0.141. The molecule has 2 N–H and O–H groups in total. The van der Waals surface area contributed by atoms with Gasteiger partial charge in [-0.3, -0.25) is 9.59 Å². The van der Waals surface area contributed by atoms with Gasteiger partial charge in [-0.05, 0) is 30.9 Å². The second-order valence-electron chi connectivity index (χ2n) is 6.84. The molecule has 0 bridgehead atoms. The summed E-state index contributed by atoms with van der Waals surface area (Å²) in [4.78, 5) is 24.0. The topological polar surface area (TPSA) is 75.6 Å². The number of hydrogen-bond donors (Lipinski definition) is 2. The molecule has 1 fully saturated rings. The van der Waals surface area contributed by atoms with E-state index in [-0.39, 0.29) is 18.4 Å². The van der Waals surface area contributed by atoms with Gasteiger partial charge in [0.2, 0.25) is 5.91 Å². The Bertz CT molecular complexity index is 565. The molecule has 1 aromatic rings. The SMILES string of the molecule is COc1ccccc1CC(CNC(=O)C1CCCCCCC1)C(=O)O. The fraction of sp³-hybridized carbons (Fsp3) is 0.600. The first kappa shape index (κ1) is 19.3. The summed E-state index contributed by atoms with van der Waals surface area (Å²) in [5.74, 6) is -0.841. The predicted octanol–water partition coefficient (Wildman–Crippen LogP) is 3.42. The van der Waals surface area contributed by atoms with Crippen LogP contribution < -0.4 is 10.1 Å². The summed E-state index contributed by atoms with van der Waals surface area (Å²) in [6.45, 7) is 0.155. The molecule has 5 heteroatoms. The second-order valence-corrected chi connectivity index (χ2v) is 6.84. The monoisotopic (exact) mass is 347 g/mol. The third-order valence-corrected chi connectivity index (χ3v) is 5.01. The predicted molar refractivity (Wildman–Crippen MR) is 96.6 cm³/mol. The number of carboxylic acid groups (broad SMARTS) is 1. The average Bonchev–Trinajstić information content (AvgIpc) is 2.58. The van der Waals surface area contributed by atoms with Crippen LogP contribution in [-0.4, -0.2) is 30.6 Å². The number of aliphatic carboxylic acids is 1. The molecule has 0 heterocycles. The van der Waals surface area contributed by atoms with Crippen molar-refractivity contribution in [3.05, 3.63) is 29.8 Å². The van der Waals surface area contributed by atoms with Crippen molar-refractivity contribution in [2.24, 2.45) is 11.8 Å². The number of methoxy groups -OCH3 is 1.